The van der Waals surface area contributed by atoms with Crippen LogP contribution < -0.4 is 5.32 Å². The molecular formula is C13H16N4O. The average molecular weight is 244 g/mol. The average Bonchev–Trinajstić information content (AvgIpc) is 3.09. The predicted molar refractivity (Wildman–Crippen MR) is 66.9 cm³/mol. The maximum absolute atomic E-state index is 5.36. The Morgan fingerprint density at radius 2 is 2.44 bits per heavy atom. The van der Waals surface area contributed by atoms with Crippen molar-refractivity contribution in [3.8, 4) is 11.4 Å². The normalized spacial score (nSPS) is 19.3. The third-order valence-corrected chi connectivity index (χ3v) is 3.33. The summed E-state index contributed by atoms with van der Waals surface area (Å²) in [7, 11) is 0. The van der Waals surface area contributed by atoms with Gasteiger partial charge in [-0.2, -0.15) is 4.98 Å². The van der Waals surface area contributed by atoms with Gasteiger partial charge >= 0.3 is 0 Å². The summed E-state index contributed by atoms with van der Waals surface area (Å²) in [4.78, 5) is 8.63. The monoisotopic (exact) mass is 244 g/mol. The van der Waals surface area contributed by atoms with Crippen molar-refractivity contribution in [3.05, 3.63) is 29.9 Å². The van der Waals surface area contributed by atoms with E-state index < -0.39 is 0 Å². The van der Waals surface area contributed by atoms with Gasteiger partial charge in [-0.05, 0) is 37.4 Å². The van der Waals surface area contributed by atoms with Crippen LogP contribution in [0.3, 0.4) is 0 Å². The molecule has 1 saturated heterocycles. The van der Waals surface area contributed by atoms with Gasteiger partial charge in [0.2, 0.25) is 11.7 Å². The topological polar surface area (TPSA) is 63.8 Å². The summed E-state index contributed by atoms with van der Waals surface area (Å²) < 4.78 is 5.36. The van der Waals surface area contributed by atoms with Gasteiger partial charge in [0.1, 0.15) is 0 Å². The Bertz CT molecular complexity index is 531. The lowest BCUT2D eigenvalue weighted by molar-refractivity contribution is 0.345. The highest BCUT2D eigenvalue weighted by Gasteiger charge is 2.23. The molecule has 94 valence electrons. The minimum absolute atomic E-state index is 0.221. The molecule has 3 rings (SSSR count). The zero-order chi connectivity index (χ0) is 12.4. The van der Waals surface area contributed by atoms with E-state index in [2.05, 4.69) is 27.4 Å². The van der Waals surface area contributed by atoms with Gasteiger partial charge in [0.25, 0.3) is 0 Å². The highest BCUT2D eigenvalue weighted by Crippen LogP contribution is 2.25. The second-order valence-electron chi connectivity index (χ2n) is 4.49. The Balaban J connectivity index is 1.92. The van der Waals surface area contributed by atoms with E-state index in [1.54, 1.807) is 6.20 Å². The molecule has 5 nitrogen and oxygen atoms in total. The molecule has 1 fully saturated rings. The number of aryl methyl sites for hydroxylation is 1. The first-order valence-electron chi connectivity index (χ1n) is 6.38. The third kappa shape index (κ3) is 2.01. The molecule has 2 aromatic rings. The van der Waals surface area contributed by atoms with Crippen LogP contribution in [0, 0.1) is 0 Å². The molecule has 18 heavy (non-hydrogen) atoms. The molecule has 0 saturated carbocycles. The van der Waals surface area contributed by atoms with E-state index in [0.717, 1.165) is 36.9 Å². The predicted octanol–water partition coefficient (Wildman–Crippen LogP) is 2.12. The van der Waals surface area contributed by atoms with E-state index in [4.69, 9.17) is 4.52 Å². The van der Waals surface area contributed by atoms with Gasteiger partial charge in [-0.15, -0.1) is 0 Å². The molecule has 1 aliphatic heterocycles. The first-order chi connectivity index (χ1) is 8.88. The van der Waals surface area contributed by atoms with Crippen LogP contribution in [0.25, 0.3) is 11.4 Å². The van der Waals surface area contributed by atoms with E-state index >= 15 is 0 Å². The SMILES string of the molecule is CCc1cnccc1-c1noc([C@@H]2CCCN2)n1. The maximum Gasteiger partial charge on any atom is 0.244 e. The lowest BCUT2D eigenvalue weighted by Gasteiger charge is -2.02. The van der Waals surface area contributed by atoms with Crippen molar-refractivity contribution in [2.45, 2.75) is 32.2 Å². The fourth-order valence-electron chi connectivity index (χ4n) is 2.31. The molecule has 0 bridgehead atoms. The van der Waals surface area contributed by atoms with E-state index in [1.807, 2.05) is 12.3 Å². The Kier molecular flexibility index (Phi) is 3.06. The first-order valence-corrected chi connectivity index (χ1v) is 6.38. The highest BCUT2D eigenvalue weighted by molar-refractivity contribution is 5.58. The standard InChI is InChI=1S/C13H16N4O/c1-2-9-8-14-7-5-10(9)12-16-13(18-17-12)11-4-3-6-15-11/h5,7-8,11,15H,2-4,6H2,1H3/t11-/m0/s1. The van der Waals surface area contributed by atoms with Gasteiger partial charge in [0.15, 0.2) is 0 Å². The fraction of sp³-hybridized carbons (Fsp3) is 0.462. The minimum Gasteiger partial charge on any atom is -0.337 e. The zero-order valence-electron chi connectivity index (χ0n) is 10.4. The van der Waals surface area contributed by atoms with Gasteiger partial charge in [0.05, 0.1) is 6.04 Å². The highest BCUT2D eigenvalue weighted by atomic mass is 16.5. The number of nitrogens with zero attached hydrogens (tertiary/aromatic N) is 3. The smallest absolute Gasteiger partial charge is 0.244 e. The van der Waals surface area contributed by atoms with E-state index in [0.29, 0.717) is 11.7 Å². The van der Waals surface area contributed by atoms with E-state index in [-0.39, 0.29) is 6.04 Å². The largest absolute Gasteiger partial charge is 0.337 e. The Morgan fingerprint density at radius 1 is 1.50 bits per heavy atom. The van der Waals surface area contributed by atoms with Gasteiger partial charge in [-0.1, -0.05) is 12.1 Å². The van der Waals surface area contributed by atoms with Crippen LogP contribution in [0.4, 0.5) is 0 Å². The molecule has 2 aromatic heterocycles. The molecule has 1 aliphatic rings. The molecule has 1 atom stereocenters. The molecule has 0 spiro atoms. The molecule has 0 amide bonds. The number of rotatable bonds is 3. The van der Waals surface area contributed by atoms with Crippen LogP contribution in [0.1, 0.15) is 37.3 Å². The van der Waals surface area contributed by atoms with Crippen LogP contribution in [-0.2, 0) is 6.42 Å². The lowest BCUT2D eigenvalue weighted by Crippen LogP contribution is -2.12. The Hall–Kier alpha value is -1.75. The summed E-state index contributed by atoms with van der Waals surface area (Å²) in [5, 5.41) is 7.44. The number of hydrogen-bond acceptors (Lipinski definition) is 5. The Morgan fingerprint density at radius 3 is 3.22 bits per heavy atom. The van der Waals surface area contributed by atoms with Crippen molar-refractivity contribution in [1.29, 1.82) is 0 Å². The van der Waals surface area contributed by atoms with Gasteiger partial charge < -0.3 is 9.84 Å². The summed E-state index contributed by atoms with van der Waals surface area (Å²) in [6.45, 7) is 3.12. The Labute approximate surface area is 106 Å². The van der Waals surface area contributed by atoms with E-state index in [1.165, 1.54) is 0 Å². The first kappa shape index (κ1) is 11.3. The molecule has 1 N–H and O–H groups in total. The van der Waals surface area contributed by atoms with Crippen molar-refractivity contribution in [2.24, 2.45) is 0 Å². The van der Waals surface area contributed by atoms with Gasteiger partial charge in [-0.3, -0.25) is 4.98 Å². The third-order valence-electron chi connectivity index (χ3n) is 3.33. The van der Waals surface area contributed by atoms with Gasteiger partial charge in [0, 0.05) is 18.0 Å². The molecule has 0 unspecified atom stereocenters. The maximum atomic E-state index is 5.36. The molecule has 0 aliphatic carbocycles. The van der Waals surface area contributed by atoms with Gasteiger partial charge in [-0.25, -0.2) is 0 Å². The van der Waals surface area contributed by atoms with Crippen molar-refractivity contribution in [1.82, 2.24) is 20.4 Å². The summed E-state index contributed by atoms with van der Waals surface area (Å²) in [5.41, 5.74) is 2.16. The van der Waals surface area contributed by atoms with E-state index in [9.17, 15) is 0 Å². The number of nitrogens with one attached hydrogen (secondary N) is 1. The second-order valence-corrected chi connectivity index (χ2v) is 4.49. The molecule has 3 heterocycles. The second kappa shape index (κ2) is 4.86. The van der Waals surface area contributed by atoms with Crippen LogP contribution in [0.5, 0.6) is 0 Å². The van der Waals surface area contributed by atoms with Crippen LogP contribution in [0.2, 0.25) is 0 Å². The van der Waals surface area contributed by atoms with Crippen molar-refractivity contribution in [2.75, 3.05) is 6.54 Å². The molecule has 5 heteroatoms. The van der Waals surface area contributed by atoms with Crippen LogP contribution in [-0.4, -0.2) is 21.7 Å². The lowest BCUT2D eigenvalue weighted by atomic mass is 10.1. The summed E-state index contributed by atoms with van der Waals surface area (Å²) in [6, 6.07) is 2.16. The minimum atomic E-state index is 0.221. The fourth-order valence-corrected chi connectivity index (χ4v) is 2.31. The molecule has 0 aromatic carbocycles. The summed E-state index contributed by atoms with van der Waals surface area (Å²) in [5.74, 6) is 1.36. The van der Waals surface area contributed by atoms with Crippen molar-refractivity contribution >= 4 is 0 Å². The molecular weight excluding hydrogens is 228 g/mol. The van der Waals surface area contributed by atoms with Crippen molar-refractivity contribution in [3.63, 3.8) is 0 Å². The zero-order valence-corrected chi connectivity index (χ0v) is 10.4. The van der Waals surface area contributed by atoms with Crippen LogP contribution in [0.15, 0.2) is 23.0 Å². The number of aromatic nitrogens is 3. The molecule has 0 radical (unpaired) electrons. The van der Waals surface area contributed by atoms with Crippen LogP contribution >= 0.6 is 0 Å². The number of pyridine rings is 1. The summed E-state index contributed by atoms with van der Waals surface area (Å²) >= 11 is 0. The quantitative estimate of drug-likeness (QED) is 0.896. The van der Waals surface area contributed by atoms with Crippen molar-refractivity contribution < 1.29 is 4.52 Å². The summed E-state index contributed by atoms with van der Waals surface area (Å²) in [6.07, 6.45) is 6.77. The number of hydrogen-bond donors (Lipinski definition) is 1.